The third kappa shape index (κ3) is 2.98. The molecule has 6 nitrogen and oxygen atoms in total. The summed E-state index contributed by atoms with van der Waals surface area (Å²) in [5.41, 5.74) is 0.619. The lowest BCUT2D eigenvalue weighted by molar-refractivity contribution is 0.0698. The van der Waals surface area contributed by atoms with E-state index < -0.39 is 11.9 Å². The molecule has 0 spiro atoms. The molecule has 0 saturated carbocycles. The number of carboxylic acid groups (broad SMARTS) is 1. The largest absolute Gasteiger partial charge is 0.493 e. The average Bonchev–Trinajstić information content (AvgIpc) is 3.00. The third-order valence-corrected chi connectivity index (χ3v) is 3.91. The summed E-state index contributed by atoms with van der Waals surface area (Å²) in [4.78, 5) is 23.7. The van der Waals surface area contributed by atoms with Crippen molar-refractivity contribution in [3.05, 3.63) is 58.3 Å². The molecule has 24 heavy (non-hydrogen) atoms. The van der Waals surface area contributed by atoms with Gasteiger partial charge in [0.25, 0.3) is 5.91 Å². The van der Waals surface area contributed by atoms with E-state index in [0.717, 1.165) is 0 Å². The standard InChI is InChI=1S/C17H12BrNO5/c1-23-13-4-2-3-9-7-14(24-15(9)13)16(20)19-12-6-5-10(18)8-11(12)17(21)22/h2-8H,1H3,(H,19,20)(H,21,22). The maximum absolute atomic E-state index is 12.4. The summed E-state index contributed by atoms with van der Waals surface area (Å²) in [7, 11) is 1.51. The van der Waals surface area contributed by atoms with Gasteiger partial charge in [0.05, 0.1) is 18.4 Å². The van der Waals surface area contributed by atoms with E-state index >= 15 is 0 Å². The molecule has 0 aliphatic heterocycles. The number of aromatic carboxylic acids is 1. The van der Waals surface area contributed by atoms with Crippen LogP contribution in [0.25, 0.3) is 11.0 Å². The molecule has 2 aromatic carbocycles. The number of ether oxygens (including phenoxy) is 1. The molecule has 0 fully saturated rings. The average molecular weight is 390 g/mol. The first-order valence-electron chi connectivity index (χ1n) is 6.90. The first kappa shape index (κ1) is 16.1. The minimum Gasteiger partial charge on any atom is -0.493 e. The number of nitrogens with one attached hydrogen (secondary N) is 1. The molecule has 0 aliphatic rings. The highest BCUT2D eigenvalue weighted by atomic mass is 79.9. The first-order chi connectivity index (χ1) is 11.5. The first-order valence-corrected chi connectivity index (χ1v) is 7.69. The molecular weight excluding hydrogens is 378 g/mol. The number of halogens is 1. The van der Waals surface area contributed by atoms with Gasteiger partial charge in [-0.1, -0.05) is 28.1 Å². The number of benzene rings is 2. The van der Waals surface area contributed by atoms with Crippen LogP contribution in [0.4, 0.5) is 5.69 Å². The van der Waals surface area contributed by atoms with Crippen molar-refractivity contribution in [1.82, 2.24) is 0 Å². The van der Waals surface area contributed by atoms with E-state index in [4.69, 9.17) is 9.15 Å². The molecule has 0 saturated heterocycles. The van der Waals surface area contributed by atoms with Crippen LogP contribution in [0, 0.1) is 0 Å². The number of carbonyl (C=O) groups is 2. The maximum atomic E-state index is 12.4. The summed E-state index contributed by atoms with van der Waals surface area (Å²) in [5, 5.41) is 12.5. The quantitative estimate of drug-likeness (QED) is 0.699. The van der Waals surface area contributed by atoms with Gasteiger partial charge in [0.15, 0.2) is 17.1 Å². The van der Waals surface area contributed by atoms with E-state index in [-0.39, 0.29) is 17.0 Å². The fourth-order valence-electron chi connectivity index (χ4n) is 2.30. The highest BCUT2D eigenvalue weighted by molar-refractivity contribution is 9.10. The predicted molar refractivity (Wildman–Crippen MR) is 91.8 cm³/mol. The molecule has 0 unspecified atom stereocenters. The second kappa shape index (κ2) is 6.37. The van der Waals surface area contributed by atoms with E-state index in [2.05, 4.69) is 21.2 Å². The van der Waals surface area contributed by atoms with Gasteiger partial charge in [-0.15, -0.1) is 0 Å². The molecule has 7 heteroatoms. The smallest absolute Gasteiger partial charge is 0.337 e. The third-order valence-electron chi connectivity index (χ3n) is 3.41. The Bertz CT molecular complexity index is 947. The summed E-state index contributed by atoms with van der Waals surface area (Å²) in [6.07, 6.45) is 0. The Morgan fingerprint density at radius 1 is 1.21 bits per heavy atom. The number of carboxylic acids is 1. The number of hydrogen-bond donors (Lipinski definition) is 2. The molecule has 3 rings (SSSR count). The van der Waals surface area contributed by atoms with Crippen LogP contribution < -0.4 is 10.1 Å². The zero-order valence-corrected chi connectivity index (χ0v) is 14.1. The van der Waals surface area contributed by atoms with Crippen molar-refractivity contribution in [2.75, 3.05) is 12.4 Å². The fourth-order valence-corrected chi connectivity index (χ4v) is 2.66. The molecule has 0 aliphatic carbocycles. The molecule has 0 radical (unpaired) electrons. The SMILES string of the molecule is COc1cccc2cc(C(=O)Nc3ccc(Br)cc3C(=O)O)oc12. The van der Waals surface area contributed by atoms with Crippen LogP contribution in [-0.4, -0.2) is 24.1 Å². The lowest BCUT2D eigenvalue weighted by Gasteiger charge is -2.07. The highest BCUT2D eigenvalue weighted by Crippen LogP contribution is 2.29. The zero-order chi connectivity index (χ0) is 17.3. The van der Waals surface area contributed by atoms with Gasteiger partial charge in [-0.2, -0.15) is 0 Å². The highest BCUT2D eigenvalue weighted by Gasteiger charge is 2.18. The molecule has 0 atom stereocenters. The Morgan fingerprint density at radius 2 is 2.00 bits per heavy atom. The van der Waals surface area contributed by atoms with Gasteiger partial charge in [0.2, 0.25) is 0 Å². The molecular formula is C17H12BrNO5. The summed E-state index contributed by atoms with van der Waals surface area (Å²) in [5.74, 6) is -1.11. The number of furan rings is 1. The molecule has 2 N–H and O–H groups in total. The van der Waals surface area contributed by atoms with Crippen molar-refractivity contribution in [3.8, 4) is 5.75 Å². The summed E-state index contributed by atoms with van der Waals surface area (Å²) < 4.78 is 11.4. The minimum atomic E-state index is -1.14. The van der Waals surface area contributed by atoms with Crippen LogP contribution in [0.2, 0.25) is 0 Å². The van der Waals surface area contributed by atoms with Gasteiger partial charge < -0.3 is 19.6 Å². The predicted octanol–water partition coefficient (Wildman–Crippen LogP) is 4.15. The molecule has 122 valence electrons. The van der Waals surface area contributed by atoms with Crippen LogP contribution >= 0.6 is 15.9 Å². The van der Waals surface area contributed by atoms with Gasteiger partial charge >= 0.3 is 5.97 Å². The van der Waals surface area contributed by atoms with Crippen molar-refractivity contribution >= 4 is 44.5 Å². The summed E-state index contributed by atoms with van der Waals surface area (Å²) in [6, 6.07) is 11.4. The second-order valence-corrected chi connectivity index (χ2v) is 5.85. The molecule has 1 heterocycles. The van der Waals surface area contributed by atoms with Crippen LogP contribution in [-0.2, 0) is 0 Å². The van der Waals surface area contributed by atoms with Crippen molar-refractivity contribution in [3.63, 3.8) is 0 Å². The van der Waals surface area contributed by atoms with Crippen LogP contribution in [0.15, 0.2) is 51.4 Å². The molecule has 1 aromatic heterocycles. The number of hydrogen-bond acceptors (Lipinski definition) is 4. The van der Waals surface area contributed by atoms with Crippen LogP contribution in [0.3, 0.4) is 0 Å². The summed E-state index contributed by atoms with van der Waals surface area (Å²) >= 11 is 3.21. The number of methoxy groups -OCH3 is 1. The number of carbonyl (C=O) groups excluding carboxylic acids is 1. The van der Waals surface area contributed by atoms with E-state index in [1.54, 1.807) is 30.3 Å². The Labute approximate surface area is 145 Å². The Hall–Kier alpha value is -2.80. The maximum Gasteiger partial charge on any atom is 0.337 e. The van der Waals surface area contributed by atoms with Crippen LogP contribution in [0.5, 0.6) is 5.75 Å². The number of fused-ring (bicyclic) bond motifs is 1. The number of para-hydroxylation sites is 1. The van der Waals surface area contributed by atoms with Gasteiger partial charge in [-0.25, -0.2) is 4.79 Å². The van der Waals surface area contributed by atoms with Gasteiger partial charge in [0, 0.05) is 9.86 Å². The Kier molecular flexibility index (Phi) is 4.26. The lowest BCUT2D eigenvalue weighted by atomic mass is 10.1. The van der Waals surface area contributed by atoms with E-state index in [1.807, 2.05) is 0 Å². The number of anilines is 1. The second-order valence-electron chi connectivity index (χ2n) is 4.94. The topological polar surface area (TPSA) is 88.8 Å². The van der Waals surface area contributed by atoms with Gasteiger partial charge in [-0.05, 0) is 30.3 Å². The normalized spacial score (nSPS) is 10.6. The van der Waals surface area contributed by atoms with Gasteiger partial charge in [0.1, 0.15) is 0 Å². The van der Waals surface area contributed by atoms with Crippen molar-refractivity contribution in [2.45, 2.75) is 0 Å². The van der Waals surface area contributed by atoms with Crippen molar-refractivity contribution < 1.29 is 23.8 Å². The minimum absolute atomic E-state index is 0.0218. The van der Waals surface area contributed by atoms with E-state index in [1.165, 1.54) is 19.2 Å². The molecule has 3 aromatic rings. The van der Waals surface area contributed by atoms with Crippen molar-refractivity contribution in [1.29, 1.82) is 0 Å². The van der Waals surface area contributed by atoms with E-state index in [0.29, 0.717) is 21.2 Å². The molecule has 1 amide bonds. The van der Waals surface area contributed by atoms with Crippen LogP contribution in [0.1, 0.15) is 20.9 Å². The Balaban J connectivity index is 1.95. The monoisotopic (exact) mass is 389 g/mol. The van der Waals surface area contributed by atoms with E-state index in [9.17, 15) is 14.7 Å². The lowest BCUT2D eigenvalue weighted by Crippen LogP contribution is -2.14. The molecule has 0 bridgehead atoms. The fraction of sp³-hybridized carbons (Fsp3) is 0.0588. The number of amides is 1. The zero-order valence-electron chi connectivity index (χ0n) is 12.5. The number of rotatable bonds is 4. The van der Waals surface area contributed by atoms with Crippen molar-refractivity contribution in [2.24, 2.45) is 0 Å². The Morgan fingerprint density at radius 3 is 2.71 bits per heavy atom. The summed E-state index contributed by atoms with van der Waals surface area (Å²) in [6.45, 7) is 0. The van der Waals surface area contributed by atoms with Gasteiger partial charge in [-0.3, -0.25) is 4.79 Å².